The molecule has 3 rings (SSSR count). The van der Waals surface area contributed by atoms with Gasteiger partial charge in [0.15, 0.2) is 30.5 Å². The van der Waals surface area contributed by atoms with E-state index >= 15 is 0 Å². The topological polar surface area (TPSA) is 332 Å². The summed E-state index contributed by atoms with van der Waals surface area (Å²) in [7, 11) is 4.90. The van der Waals surface area contributed by atoms with Gasteiger partial charge in [0.25, 0.3) is 0 Å². The third-order valence-electron chi connectivity index (χ3n) is 8.44. The third-order valence-corrected chi connectivity index (χ3v) is 8.44. The first-order chi connectivity index (χ1) is 27.1. The number of hydrogen-bond acceptors (Lipinski definition) is 22. The maximum absolute atomic E-state index is 11.9. The number of amides is 1. The standard InChI is InChI=1S/C32H52N4O21/c1-8-50-36-18-17(54-31-21(40)19(38)23(46-4)25(55-31)27(42)43)9-15(52-30(18)49-7)10-33-34-11-16(53-29(48-6)13(2)35-14(3)37)12-51-57-32-22(41)20(39)24(47-5)26(56-32)28(44)45/h9-10,12-13,17-26,29-32,34,36,38-41H,8,11H2,1-7H3,(H,35,37)(H,42,43)(H,44,45)/b16-12+,33-10?. The molecule has 3 aliphatic heterocycles. The fourth-order valence-electron chi connectivity index (χ4n) is 5.68. The second kappa shape index (κ2) is 23.0. The molecule has 1 amide bonds. The van der Waals surface area contributed by atoms with Gasteiger partial charge < -0.3 is 93.7 Å². The summed E-state index contributed by atoms with van der Waals surface area (Å²) < 4.78 is 49.1. The number of hydroxylamine groups is 1. The Labute approximate surface area is 326 Å². The van der Waals surface area contributed by atoms with Crippen LogP contribution in [0.15, 0.2) is 29.0 Å². The minimum Gasteiger partial charge on any atom is -0.479 e. The number of nitrogens with one attached hydrogen (secondary N) is 3. The second-order valence-corrected chi connectivity index (χ2v) is 12.4. The number of carboxylic acid groups (broad SMARTS) is 2. The molecule has 0 aromatic carbocycles. The van der Waals surface area contributed by atoms with Gasteiger partial charge in [-0.1, -0.05) is 0 Å². The van der Waals surface area contributed by atoms with E-state index in [0.717, 1.165) is 20.5 Å². The molecular formula is C32H52N4O21. The van der Waals surface area contributed by atoms with Gasteiger partial charge in [-0.15, -0.1) is 0 Å². The number of carbonyl (C=O) groups is 3. The molecule has 0 radical (unpaired) electrons. The average Bonchev–Trinajstić information content (AvgIpc) is 3.17. The highest BCUT2D eigenvalue weighted by atomic mass is 17.2. The van der Waals surface area contributed by atoms with Gasteiger partial charge in [0.2, 0.25) is 24.8 Å². The molecule has 15 atom stereocenters. The lowest BCUT2D eigenvalue weighted by molar-refractivity contribution is -0.402. The van der Waals surface area contributed by atoms with Crippen LogP contribution < -0.4 is 16.2 Å². The second-order valence-electron chi connectivity index (χ2n) is 12.4. The maximum atomic E-state index is 11.9. The number of carboxylic acids is 2. The SMILES string of the molecule is CCONC1C(OC2OC(C(=O)O)C(OC)C(O)C2O)C=C(C=NNC/C(=C\OOC2OC(C(=O)O)C(OC)C(O)C2O)OC(OC)C(C)NC(C)=O)OC1OC. The number of carbonyl (C=O) groups excluding carboxylic acids is 1. The zero-order valence-corrected chi connectivity index (χ0v) is 32.1. The maximum Gasteiger partial charge on any atom is 0.335 e. The Morgan fingerprint density at radius 3 is 2.02 bits per heavy atom. The Kier molecular flexibility index (Phi) is 19.2. The Balaban J connectivity index is 1.81. The van der Waals surface area contributed by atoms with Crippen molar-refractivity contribution in [3.63, 3.8) is 0 Å². The van der Waals surface area contributed by atoms with Crippen LogP contribution in [0.25, 0.3) is 0 Å². The third kappa shape index (κ3) is 12.8. The van der Waals surface area contributed by atoms with Gasteiger partial charge in [0.05, 0.1) is 25.4 Å². The van der Waals surface area contributed by atoms with Crippen molar-refractivity contribution >= 4 is 24.1 Å². The van der Waals surface area contributed by atoms with Crippen LogP contribution in [0.1, 0.15) is 20.8 Å². The lowest BCUT2D eigenvalue weighted by Crippen LogP contribution is -2.63. The molecule has 57 heavy (non-hydrogen) atoms. The molecule has 9 N–H and O–H groups in total. The zero-order chi connectivity index (χ0) is 42.4. The van der Waals surface area contributed by atoms with E-state index in [-0.39, 0.29) is 30.6 Å². The van der Waals surface area contributed by atoms with Gasteiger partial charge >= 0.3 is 11.9 Å². The number of rotatable bonds is 22. The smallest absolute Gasteiger partial charge is 0.335 e. The Morgan fingerprint density at radius 2 is 1.49 bits per heavy atom. The molecule has 0 aromatic heterocycles. The Hall–Kier alpha value is -3.80. The number of aliphatic hydroxyl groups excluding tert-OH is 4. The molecule has 3 heterocycles. The first-order valence-corrected chi connectivity index (χ1v) is 17.3. The summed E-state index contributed by atoms with van der Waals surface area (Å²) >= 11 is 0. The number of allylic oxidation sites excluding steroid dienone is 1. The largest absolute Gasteiger partial charge is 0.479 e. The summed E-state index contributed by atoms with van der Waals surface area (Å²) in [5.74, 6) is -3.44. The molecule has 0 aromatic rings. The summed E-state index contributed by atoms with van der Waals surface area (Å²) in [4.78, 5) is 50.7. The first kappa shape index (κ1) is 47.6. The molecule has 15 unspecified atom stereocenters. The number of ether oxygens (including phenoxy) is 9. The molecule has 2 fully saturated rings. The number of hydrazone groups is 1. The van der Waals surface area contributed by atoms with E-state index in [4.69, 9.17) is 57.2 Å². The number of methoxy groups -OCH3 is 4. The molecule has 2 saturated heterocycles. The number of aliphatic hydroxyl groups is 4. The van der Waals surface area contributed by atoms with Crippen LogP contribution in [-0.2, 0) is 71.6 Å². The van der Waals surface area contributed by atoms with Gasteiger partial charge in [-0.25, -0.2) is 9.59 Å². The van der Waals surface area contributed by atoms with E-state index in [1.54, 1.807) is 13.8 Å². The molecule has 0 saturated carbocycles. The van der Waals surface area contributed by atoms with Crippen molar-refractivity contribution in [3.8, 4) is 0 Å². The van der Waals surface area contributed by atoms with Crippen molar-refractivity contribution in [2.45, 2.75) is 113 Å². The number of aliphatic carboxylic acids is 2. The fraction of sp³-hybridized carbons (Fsp3) is 0.750. The van der Waals surface area contributed by atoms with Crippen LogP contribution in [0, 0.1) is 0 Å². The summed E-state index contributed by atoms with van der Waals surface area (Å²) in [6.45, 7) is 4.48. The molecular weight excluding hydrogens is 776 g/mol. The van der Waals surface area contributed by atoms with Crippen LogP contribution in [0.2, 0.25) is 0 Å². The van der Waals surface area contributed by atoms with E-state index in [9.17, 15) is 45.0 Å². The van der Waals surface area contributed by atoms with Crippen LogP contribution in [-0.4, -0.2) is 188 Å². The van der Waals surface area contributed by atoms with Crippen molar-refractivity contribution in [2.24, 2.45) is 5.10 Å². The van der Waals surface area contributed by atoms with Gasteiger partial charge in [-0.3, -0.25) is 4.79 Å². The molecule has 25 nitrogen and oxygen atoms in total. The van der Waals surface area contributed by atoms with Crippen LogP contribution in [0.5, 0.6) is 0 Å². The molecule has 3 aliphatic rings. The molecule has 25 heteroatoms. The van der Waals surface area contributed by atoms with Gasteiger partial charge in [-0.05, 0) is 19.9 Å². The normalized spacial score (nSPS) is 34.4. The van der Waals surface area contributed by atoms with E-state index in [1.807, 2.05) is 0 Å². The summed E-state index contributed by atoms with van der Waals surface area (Å²) in [5.41, 5.74) is 5.38. The van der Waals surface area contributed by atoms with E-state index in [0.29, 0.717) is 0 Å². The highest BCUT2D eigenvalue weighted by Crippen LogP contribution is 2.29. The van der Waals surface area contributed by atoms with Crippen molar-refractivity contribution in [2.75, 3.05) is 41.6 Å². The van der Waals surface area contributed by atoms with Gasteiger partial charge in [-0.2, -0.15) is 15.5 Å². The Morgan fingerprint density at radius 1 is 0.895 bits per heavy atom. The molecule has 0 bridgehead atoms. The highest BCUT2D eigenvalue weighted by Gasteiger charge is 2.51. The molecule has 0 aliphatic carbocycles. The summed E-state index contributed by atoms with van der Waals surface area (Å²) in [6.07, 6.45) is -16.6. The lowest BCUT2D eigenvalue weighted by Gasteiger charge is -2.43. The van der Waals surface area contributed by atoms with E-state index in [2.05, 4.69) is 21.3 Å². The van der Waals surface area contributed by atoms with Crippen LogP contribution in [0.4, 0.5) is 0 Å². The zero-order valence-electron chi connectivity index (χ0n) is 32.1. The Bertz CT molecular complexity index is 1390. The number of nitrogens with zero attached hydrogens (tertiary/aromatic N) is 1. The van der Waals surface area contributed by atoms with Crippen LogP contribution in [0.3, 0.4) is 0 Å². The van der Waals surface area contributed by atoms with E-state index in [1.165, 1.54) is 33.4 Å². The van der Waals surface area contributed by atoms with Crippen LogP contribution >= 0.6 is 0 Å². The summed E-state index contributed by atoms with van der Waals surface area (Å²) in [5, 5.41) is 68.0. The van der Waals surface area contributed by atoms with Gasteiger partial charge in [0.1, 0.15) is 54.5 Å². The fourth-order valence-corrected chi connectivity index (χ4v) is 5.68. The lowest BCUT2D eigenvalue weighted by atomic mass is 9.98. The highest BCUT2D eigenvalue weighted by molar-refractivity contribution is 5.76. The van der Waals surface area contributed by atoms with Crippen molar-refractivity contribution < 1.29 is 102 Å². The molecule has 0 spiro atoms. The molecule has 326 valence electrons. The van der Waals surface area contributed by atoms with Crippen molar-refractivity contribution in [1.29, 1.82) is 0 Å². The van der Waals surface area contributed by atoms with Crippen molar-refractivity contribution in [3.05, 3.63) is 23.9 Å². The monoisotopic (exact) mass is 828 g/mol. The average molecular weight is 829 g/mol. The minimum absolute atomic E-state index is 0.0220. The quantitative estimate of drug-likeness (QED) is 0.0166. The van der Waals surface area contributed by atoms with Gasteiger partial charge in [0, 0.05) is 35.4 Å². The predicted octanol–water partition coefficient (Wildman–Crippen LogP) is -3.86. The minimum atomic E-state index is -1.80. The van der Waals surface area contributed by atoms with Crippen molar-refractivity contribution in [1.82, 2.24) is 16.2 Å². The van der Waals surface area contributed by atoms with E-state index < -0.39 is 104 Å². The predicted molar refractivity (Wildman–Crippen MR) is 184 cm³/mol. The summed E-state index contributed by atoms with van der Waals surface area (Å²) in [6, 6.07) is -1.64. The number of hydrogen-bond donors (Lipinski definition) is 9. The first-order valence-electron chi connectivity index (χ1n) is 17.3.